The lowest BCUT2D eigenvalue weighted by Gasteiger charge is -2.12. The van der Waals surface area contributed by atoms with Gasteiger partial charge in [-0.2, -0.15) is 0 Å². The summed E-state index contributed by atoms with van der Waals surface area (Å²) in [7, 11) is 0. The van der Waals surface area contributed by atoms with Crippen molar-refractivity contribution in [2.24, 2.45) is 0 Å². The van der Waals surface area contributed by atoms with Crippen LogP contribution in [0.25, 0.3) is 16.5 Å². The fourth-order valence-corrected chi connectivity index (χ4v) is 2.39. The van der Waals surface area contributed by atoms with Gasteiger partial charge in [-0.25, -0.2) is 4.39 Å². The highest BCUT2D eigenvalue weighted by atomic mass is 35.5. The maximum Gasteiger partial charge on any atom is 0.264 e. The lowest BCUT2D eigenvalue weighted by Crippen LogP contribution is -2.21. The van der Waals surface area contributed by atoms with Crippen LogP contribution in [0.2, 0.25) is 5.02 Å². The molecule has 0 radical (unpaired) electrons. The van der Waals surface area contributed by atoms with Gasteiger partial charge in [-0.1, -0.05) is 29.8 Å². The molecule has 0 unspecified atom stereocenters. The average Bonchev–Trinajstić information content (AvgIpc) is 2.42. The molecule has 0 aliphatic heterocycles. The fraction of sp³-hybridized carbons (Fsp3) is 0. The largest absolute Gasteiger partial charge is 0.385 e. The SMILES string of the molecule is Nc1cc2ccccc2c(=O)n1-c1cc(F)ccc1Cl. The summed E-state index contributed by atoms with van der Waals surface area (Å²) in [6.45, 7) is 0. The molecule has 0 aliphatic carbocycles. The van der Waals surface area contributed by atoms with Crippen molar-refractivity contribution in [3.05, 3.63) is 69.7 Å². The quantitative estimate of drug-likeness (QED) is 0.746. The Labute approximate surface area is 119 Å². The Morgan fingerprint density at radius 1 is 1.10 bits per heavy atom. The number of fused-ring (bicyclic) bond motifs is 1. The summed E-state index contributed by atoms with van der Waals surface area (Å²) in [5.41, 5.74) is 5.83. The van der Waals surface area contributed by atoms with Gasteiger partial charge in [0.25, 0.3) is 5.56 Å². The lowest BCUT2D eigenvalue weighted by molar-refractivity contribution is 0.626. The molecule has 0 spiro atoms. The maximum absolute atomic E-state index is 13.4. The third-order valence-electron chi connectivity index (χ3n) is 3.10. The standard InChI is InChI=1S/C15H10ClFN2O/c16-12-6-5-10(17)8-13(12)19-14(18)7-9-3-1-2-4-11(9)15(19)20/h1-8H,18H2. The minimum atomic E-state index is -0.483. The van der Waals surface area contributed by atoms with E-state index >= 15 is 0 Å². The zero-order valence-electron chi connectivity index (χ0n) is 10.3. The van der Waals surface area contributed by atoms with E-state index in [0.29, 0.717) is 5.39 Å². The molecule has 3 rings (SSSR count). The van der Waals surface area contributed by atoms with Gasteiger partial charge in [-0.15, -0.1) is 0 Å². The van der Waals surface area contributed by atoms with Crippen LogP contribution in [0, 0.1) is 5.82 Å². The van der Waals surface area contributed by atoms with Gasteiger partial charge < -0.3 is 5.73 Å². The fourth-order valence-electron chi connectivity index (χ4n) is 2.18. The first kappa shape index (κ1) is 12.7. The van der Waals surface area contributed by atoms with Crippen molar-refractivity contribution >= 4 is 28.2 Å². The first-order valence-electron chi connectivity index (χ1n) is 5.93. The topological polar surface area (TPSA) is 48.0 Å². The van der Waals surface area contributed by atoms with Crippen molar-refractivity contribution in [1.82, 2.24) is 4.57 Å². The van der Waals surface area contributed by atoms with E-state index in [1.807, 2.05) is 6.07 Å². The summed E-state index contributed by atoms with van der Waals surface area (Å²) in [6.07, 6.45) is 0. The first-order valence-corrected chi connectivity index (χ1v) is 6.31. The van der Waals surface area contributed by atoms with E-state index in [1.54, 1.807) is 24.3 Å². The van der Waals surface area contributed by atoms with Crippen LogP contribution in [0.5, 0.6) is 0 Å². The van der Waals surface area contributed by atoms with Crippen molar-refractivity contribution < 1.29 is 4.39 Å². The molecule has 1 aromatic heterocycles. The summed E-state index contributed by atoms with van der Waals surface area (Å²) >= 11 is 6.04. The van der Waals surface area contributed by atoms with Crippen LogP contribution >= 0.6 is 11.6 Å². The molecule has 5 heteroatoms. The molecule has 0 saturated heterocycles. The minimum absolute atomic E-state index is 0.209. The number of benzene rings is 2. The lowest BCUT2D eigenvalue weighted by atomic mass is 10.1. The summed E-state index contributed by atoms with van der Waals surface area (Å²) in [4.78, 5) is 12.5. The number of hydrogen-bond acceptors (Lipinski definition) is 2. The van der Waals surface area contributed by atoms with Crippen LogP contribution in [0.4, 0.5) is 10.2 Å². The number of hydrogen-bond donors (Lipinski definition) is 1. The van der Waals surface area contributed by atoms with Crippen molar-refractivity contribution in [3.8, 4) is 5.69 Å². The van der Waals surface area contributed by atoms with E-state index in [0.717, 1.165) is 5.39 Å². The molecule has 2 N–H and O–H groups in total. The Hall–Kier alpha value is -2.33. The van der Waals surface area contributed by atoms with Crippen molar-refractivity contribution in [1.29, 1.82) is 0 Å². The molecule has 0 fully saturated rings. The minimum Gasteiger partial charge on any atom is -0.385 e. The van der Waals surface area contributed by atoms with E-state index in [-0.39, 0.29) is 22.1 Å². The summed E-state index contributed by atoms with van der Waals surface area (Å²) in [6, 6.07) is 12.6. The van der Waals surface area contributed by atoms with Crippen LogP contribution in [-0.4, -0.2) is 4.57 Å². The third-order valence-corrected chi connectivity index (χ3v) is 3.42. The van der Waals surface area contributed by atoms with Crippen molar-refractivity contribution in [2.45, 2.75) is 0 Å². The van der Waals surface area contributed by atoms with Crippen molar-refractivity contribution in [2.75, 3.05) is 5.73 Å². The molecule has 0 saturated carbocycles. The second kappa shape index (κ2) is 4.65. The Bertz CT molecular complexity index is 873. The van der Waals surface area contributed by atoms with Gasteiger partial charge in [0.1, 0.15) is 11.6 Å². The number of rotatable bonds is 1. The molecule has 0 aliphatic rings. The molecule has 20 heavy (non-hydrogen) atoms. The molecule has 0 bridgehead atoms. The monoisotopic (exact) mass is 288 g/mol. The zero-order chi connectivity index (χ0) is 14.3. The summed E-state index contributed by atoms with van der Waals surface area (Å²) in [5, 5.41) is 1.50. The smallest absolute Gasteiger partial charge is 0.264 e. The van der Waals surface area contributed by atoms with E-state index in [4.69, 9.17) is 17.3 Å². The Morgan fingerprint density at radius 3 is 2.65 bits per heavy atom. The van der Waals surface area contributed by atoms with Gasteiger partial charge in [-0.3, -0.25) is 9.36 Å². The number of aromatic nitrogens is 1. The Kier molecular flexibility index (Phi) is 2.95. The highest BCUT2D eigenvalue weighted by Gasteiger charge is 2.12. The maximum atomic E-state index is 13.4. The van der Waals surface area contributed by atoms with Crippen LogP contribution in [0.1, 0.15) is 0 Å². The average molecular weight is 289 g/mol. The second-order valence-corrected chi connectivity index (χ2v) is 4.80. The molecule has 0 atom stereocenters. The van der Waals surface area contributed by atoms with Gasteiger partial charge in [-0.05, 0) is 35.7 Å². The number of pyridine rings is 1. The first-order chi connectivity index (χ1) is 9.58. The van der Waals surface area contributed by atoms with Crippen LogP contribution in [0.3, 0.4) is 0 Å². The number of nitrogen functional groups attached to an aromatic ring is 1. The zero-order valence-corrected chi connectivity index (χ0v) is 11.1. The molecular weight excluding hydrogens is 279 g/mol. The molecular formula is C15H10ClFN2O. The van der Waals surface area contributed by atoms with E-state index in [9.17, 15) is 9.18 Å². The van der Waals surface area contributed by atoms with Crippen LogP contribution < -0.4 is 11.3 Å². The molecule has 0 amide bonds. The molecule has 1 heterocycles. The normalized spacial score (nSPS) is 10.9. The van der Waals surface area contributed by atoms with Crippen molar-refractivity contribution in [3.63, 3.8) is 0 Å². The van der Waals surface area contributed by atoms with Gasteiger partial charge in [0, 0.05) is 5.39 Å². The van der Waals surface area contributed by atoms with E-state index in [1.165, 1.54) is 22.8 Å². The molecule has 3 nitrogen and oxygen atoms in total. The Morgan fingerprint density at radius 2 is 1.85 bits per heavy atom. The van der Waals surface area contributed by atoms with Gasteiger partial charge >= 0.3 is 0 Å². The summed E-state index contributed by atoms with van der Waals surface area (Å²) in [5.74, 6) is -0.273. The third kappa shape index (κ3) is 1.94. The van der Waals surface area contributed by atoms with Gasteiger partial charge in [0.2, 0.25) is 0 Å². The highest BCUT2D eigenvalue weighted by Crippen LogP contribution is 2.24. The van der Waals surface area contributed by atoms with Gasteiger partial charge in [0.15, 0.2) is 0 Å². The van der Waals surface area contributed by atoms with Crippen LogP contribution in [-0.2, 0) is 0 Å². The predicted molar refractivity (Wildman–Crippen MR) is 78.9 cm³/mol. The van der Waals surface area contributed by atoms with Gasteiger partial charge in [0.05, 0.1) is 10.7 Å². The summed E-state index contributed by atoms with van der Waals surface area (Å²) < 4.78 is 14.6. The Balaban J connectivity index is 2.42. The number of halogens is 2. The molecule has 3 aromatic rings. The van der Waals surface area contributed by atoms with Crippen LogP contribution in [0.15, 0.2) is 53.3 Å². The number of nitrogens with two attached hydrogens (primary N) is 1. The highest BCUT2D eigenvalue weighted by molar-refractivity contribution is 6.32. The number of nitrogens with zero attached hydrogens (tertiary/aromatic N) is 1. The number of anilines is 1. The predicted octanol–water partition coefficient (Wildman–Crippen LogP) is 3.37. The second-order valence-electron chi connectivity index (χ2n) is 4.39. The molecule has 100 valence electrons. The molecule has 2 aromatic carbocycles. The van der Waals surface area contributed by atoms with E-state index in [2.05, 4.69) is 0 Å². The van der Waals surface area contributed by atoms with E-state index < -0.39 is 5.82 Å².